The lowest BCUT2D eigenvalue weighted by atomic mass is 10.2. The van der Waals surface area contributed by atoms with Gasteiger partial charge >= 0.3 is 6.11 Å². The van der Waals surface area contributed by atoms with Gasteiger partial charge in [0.25, 0.3) is 5.91 Å². The van der Waals surface area contributed by atoms with Gasteiger partial charge in [-0.05, 0) is 29.8 Å². The molecule has 15 heteroatoms. The summed E-state index contributed by atoms with van der Waals surface area (Å²) in [7, 11) is 0. The summed E-state index contributed by atoms with van der Waals surface area (Å²) >= 11 is 0. The lowest BCUT2D eigenvalue weighted by Crippen LogP contribution is -2.23. The van der Waals surface area contributed by atoms with Crippen LogP contribution in [-0.4, -0.2) is 59.1 Å². The summed E-state index contributed by atoms with van der Waals surface area (Å²) in [6, 6.07) is 11.2. The number of pyridine rings is 1. The molecule has 12 nitrogen and oxygen atoms in total. The van der Waals surface area contributed by atoms with Gasteiger partial charge in [-0.3, -0.25) is 19.3 Å². The van der Waals surface area contributed by atoms with Crippen molar-refractivity contribution in [2.75, 3.05) is 5.32 Å². The van der Waals surface area contributed by atoms with Crippen LogP contribution in [0.4, 0.5) is 19.0 Å². The molecule has 4 aromatic rings. The number of aryl methyl sites for hydroxylation is 1. The molecule has 0 aliphatic heterocycles. The summed E-state index contributed by atoms with van der Waals surface area (Å²) in [5.74, 6) is -0.686. The van der Waals surface area contributed by atoms with E-state index in [9.17, 15) is 22.8 Å². The predicted octanol–water partition coefficient (Wildman–Crippen LogP) is 2.80. The van der Waals surface area contributed by atoms with E-state index in [0.717, 1.165) is 0 Å². The second kappa shape index (κ2) is 12.8. The van der Waals surface area contributed by atoms with E-state index >= 15 is 0 Å². The molecule has 3 aromatic heterocycles. The standard InChI is InChI=1S/C25H26F3N9O3/c1-25(27,28)40-20-7-4-5-17(11-20)13-30-24(39)21-15-36(34-32-21)10-8-18(26)14-37-16-22(33-35-37)31-23(38)12-19-6-2-3-9-29-19/h2-7,9,11,15-16,18H,8,10,12-14H2,1H3,(H,30,39)(H,31,38). The van der Waals surface area contributed by atoms with Crippen LogP contribution in [0.25, 0.3) is 0 Å². The summed E-state index contributed by atoms with van der Waals surface area (Å²) < 4.78 is 47.8. The number of amides is 2. The third-order valence-electron chi connectivity index (χ3n) is 5.35. The quantitative estimate of drug-likeness (QED) is 0.256. The zero-order chi connectivity index (χ0) is 28.5. The molecule has 0 bridgehead atoms. The Morgan fingerprint density at radius 1 is 1.07 bits per heavy atom. The van der Waals surface area contributed by atoms with Gasteiger partial charge in [0, 0.05) is 38.3 Å². The van der Waals surface area contributed by atoms with Crippen molar-refractivity contribution in [1.82, 2.24) is 40.3 Å². The van der Waals surface area contributed by atoms with Crippen molar-refractivity contribution in [2.24, 2.45) is 0 Å². The van der Waals surface area contributed by atoms with E-state index in [1.807, 2.05) is 0 Å². The highest BCUT2D eigenvalue weighted by Gasteiger charge is 2.23. The molecule has 2 N–H and O–H groups in total. The van der Waals surface area contributed by atoms with Crippen molar-refractivity contribution in [3.05, 3.63) is 78.0 Å². The first kappa shape index (κ1) is 28.2. The van der Waals surface area contributed by atoms with Gasteiger partial charge in [0.1, 0.15) is 11.9 Å². The van der Waals surface area contributed by atoms with Crippen molar-refractivity contribution >= 4 is 17.6 Å². The Hall–Kier alpha value is -4.82. The van der Waals surface area contributed by atoms with Gasteiger partial charge in [0.15, 0.2) is 11.5 Å². The lowest BCUT2D eigenvalue weighted by Gasteiger charge is -2.13. The second-order valence-corrected chi connectivity index (χ2v) is 8.86. The minimum atomic E-state index is -3.32. The summed E-state index contributed by atoms with van der Waals surface area (Å²) in [4.78, 5) is 28.6. The van der Waals surface area contributed by atoms with Crippen molar-refractivity contribution in [3.8, 4) is 5.75 Å². The zero-order valence-electron chi connectivity index (χ0n) is 21.4. The maximum Gasteiger partial charge on any atom is 0.394 e. The van der Waals surface area contributed by atoms with Gasteiger partial charge in [0.2, 0.25) is 5.91 Å². The maximum absolute atomic E-state index is 14.6. The molecule has 0 saturated carbocycles. The number of hydrogen-bond donors (Lipinski definition) is 2. The number of alkyl halides is 3. The number of aromatic nitrogens is 7. The molecule has 4 rings (SSSR count). The SMILES string of the molecule is CC(F)(F)Oc1cccc(CNC(=O)c2cn(CCC(F)Cn3cc(NC(=O)Cc4ccccn4)nn3)nn2)c1. The van der Waals surface area contributed by atoms with Gasteiger partial charge < -0.3 is 15.4 Å². The lowest BCUT2D eigenvalue weighted by molar-refractivity contribution is -0.159. The molecule has 2 amide bonds. The molecule has 1 atom stereocenters. The maximum atomic E-state index is 14.6. The molecular formula is C25H26F3N9O3. The molecule has 0 aliphatic carbocycles. The third-order valence-corrected chi connectivity index (χ3v) is 5.35. The van der Waals surface area contributed by atoms with Crippen molar-refractivity contribution in [2.45, 2.75) is 51.7 Å². The minimum Gasteiger partial charge on any atom is -0.433 e. The fourth-order valence-electron chi connectivity index (χ4n) is 3.58. The Kier molecular flexibility index (Phi) is 9.04. The minimum absolute atomic E-state index is 0.0188. The number of benzene rings is 1. The number of hydrogen-bond acceptors (Lipinski definition) is 8. The molecule has 0 radical (unpaired) electrons. The van der Waals surface area contributed by atoms with Gasteiger partial charge in [0.05, 0.1) is 25.4 Å². The third kappa shape index (κ3) is 8.89. The fourth-order valence-corrected chi connectivity index (χ4v) is 3.58. The Labute approximate surface area is 226 Å². The topological polar surface area (TPSA) is 142 Å². The molecule has 210 valence electrons. The number of anilines is 1. The predicted molar refractivity (Wildman–Crippen MR) is 135 cm³/mol. The van der Waals surface area contributed by atoms with Crippen LogP contribution in [0.5, 0.6) is 5.75 Å². The fraction of sp³-hybridized carbons (Fsp3) is 0.320. The van der Waals surface area contributed by atoms with Crippen LogP contribution in [0.15, 0.2) is 61.1 Å². The molecule has 0 fully saturated rings. The van der Waals surface area contributed by atoms with Crippen LogP contribution >= 0.6 is 0 Å². The molecule has 0 saturated heterocycles. The average Bonchev–Trinajstić information content (AvgIpc) is 3.55. The highest BCUT2D eigenvalue weighted by atomic mass is 19.3. The van der Waals surface area contributed by atoms with E-state index in [4.69, 9.17) is 0 Å². The Morgan fingerprint density at radius 3 is 2.67 bits per heavy atom. The first-order chi connectivity index (χ1) is 19.1. The van der Waals surface area contributed by atoms with Gasteiger partial charge in [-0.2, -0.15) is 8.78 Å². The van der Waals surface area contributed by atoms with E-state index in [0.29, 0.717) is 18.2 Å². The monoisotopic (exact) mass is 557 g/mol. The zero-order valence-corrected chi connectivity index (χ0v) is 21.4. The largest absolute Gasteiger partial charge is 0.433 e. The number of nitrogens with one attached hydrogen (secondary N) is 2. The molecule has 1 aromatic carbocycles. The summed E-state index contributed by atoms with van der Waals surface area (Å²) in [5, 5.41) is 20.5. The van der Waals surface area contributed by atoms with Crippen LogP contribution in [0, 0.1) is 0 Å². The van der Waals surface area contributed by atoms with Crippen LogP contribution in [0.3, 0.4) is 0 Å². The van der Waals surface area contributed by atoms with Gasteiger partial charge in [-0.25, -0.2) is 9.07 Å². The van der Waals surface area contributed by atoms with E-state index in [1.165, 1.54) is 40.0 Å². The first-order valence-electron chi connectivity index (χ1n) is 12.2. The Morgan fingerprint density at radius 2 is 1.90 bits per heavy atom. The highest BCUT2D eigenvalue weighted by Crippen LogP contribution is 2.21. The van der Waals surface area contributed by atoms with Crippen molar-refractivity contribution in [3.63, 3.8) is 0 Å². The van der Waals surface area contributed by atoms with Crippen LogP contribution < -0.4 is 15.4 Å². The van der Waals surface area contributed by atoms with E-state index in [2.05, 4.69) is 41.0 Å². The number of rotatable bonds is 13. The Bertz CT molecular complexity index is 1420. The van der Waals surface area contributed by atoms with Crippen LogP contribution in [-0.2, 0) is 30.8 Å². The normalized spacial score (nSPS) is 12.1. The summed E-state index contributed by atoms with van der Waals surface area (Å²) in [6.07, 6.45) is -0.115. The van der Waals surface area contributed by atoms with E-state index in [-0.39, 0.29) is 55.6 Å². The van der Waals surface area contributed by atoms with E-state index < -0.39 is 18.2 Å². The summed E-state index contributed by atoms with van der Waals surface area (Å²) in [6.45, 7) is 0.731. The van der Waals surface area contributed by atoms with E-state index in [1.54, 1.807) is 30.5 Å². The number of ether oxygens (including phenoxy) is 1. The molecule has 1 unspecified atom stereocenters. The average molecular weight is 558 g/mol. The first-order valence-corrected chi connectivity index (χ1v) is 12.2. The highest BCUT2D eigenvalue weighted by molar-refractivity contribution is 5.92. The molecule has 0 aliphatic rings. The molecule has 40 heavy (non-hydrogen) atoms. The number of carbonyl (C=O) groups excluding carboxylic acids is 2. The second-order valence-electron chi connectivity index (χ2n) is 8.86. The molecule has 3 heterocycles. The van der Waals surface area contributed by atoms with Crippen molar-refractivity contribution in [1.29, 1.82) is 0 Å². The number of carbonyl (C=O) groups is 2. The molecule has 0 spiro atoms. The number of halogens is 3. The Balaban J connectivity index is 1.19. The van der Waals surface area contributed by atoms with Crippen LogP contribution in [0.1, 0.15) is 35.1 Å². The smallest absolute Gasteiger partial charge is 0.394 e. The van der Waals surface area contributed by atoms with Gasteiger partial charge in [-0.15, -0.1) is 10.2 Å². The summed E-state index contributed by atoms with van der Waals surface area (Å²) in [5.41, 5.74) is 1.17. The number of nitrogens with zero attached hydrogens (tertiary/aromatic N) is 7. The van der Waals surface area contributed by atoms with Crippen molar-refractivity contribution < 1.29 is 27.5 Å². The van der Waals surface area contributed by atoms with Crippen LogP contribution in [0.2, 0.25) is 0 Å². The van der Waals surface area contributed by atoms with Gasteiger partial charge in [-0.1, -0.05) is 28.6 Å². The molecular weight excluding hydrogens is 531 g/mol.